The van der Waals surface area contributed by atoms with E-state index in [0.29, 0.717) is 28.9 Å². The molecular weight excluding hydrogens is 563 g/mol. The van der Waals surface area contributed by atoms with E-state index in [1.54, 1.807) is 32.2 Å². The van der Waals surface area contributed by atoms with Crippen molar-refractivity contribution in [2.24, 2.45) is 0 Å². The highest BCUT2D eigenvalue weighted by Crippen LogP contribution is 2.36. The van der Waals surface area contributed by atoms with Crippen molar-refractivity contribution in [3.05, 3.63) is 77.6 Å². The van der Waals surface area contributed by atoms with E-state index in [4.69, 9.17) is 9.47 Å². The first-order chi connectivity index (χ1) is 20.6. The Kier molecular flexibility index (Phi) is 8.97. The van der Waals surface area contributed by atoms with Gasteiger partial charge in [-0.15, -0.1) is 0 Å². The maximum Gasteiger partial charge on any atom is 0.416 e. The number of methoxy groups -OCH3 is 1. The molecule has 43 heavy (non-hydrogen) atoms. The van der Waals surface area contributed by atoms with Gasteiger partial charge in [-0.05, 0) is 67.8 Å². The first kappa shape index (κ1) is 30.1. The Balaban J connectivity index is 1.33. The van der Waals surface area contributed by atoms with Crippen LogP contribution in [-0.2, 0) is 6.18 Å². The molecule has 3 aromatic carbocycles. The van der Waals surface area contributed by atoms with Gasteiger partial charge in [0.1, 0.15) is 17.8 Å². The lowest BCUT2D eigenvalue weighted by molar-refractivity contribution is -0.137. The van der Waals surface area contributed by atoms with E-state index in [1.807, 2.05) is 6.07 Å². The van der Waals surface area contributed by atoms with E-state index in [9.17, 15) is 23.1 Å². The van der Waals surface area contributed by atoms with E-state index >= 15 is 0 Å². The molecule has 1 amide bonds. The van der Waals surface area contributed by atoms with Gasteiger partial charge in [-0.1, -0.05) is 12.1 Å². The lowest BCUT2D eigenvalue weighted by Gasteiger charge is -2.29. The summed E-state index contributed by atoms with van der Waals surface area (Å²) in [5.74, 6) is 0.590. The van der Waals surface area contributed by atoms with Gasteiger partial charge in [0.2, 0.25) is 5.88 Å². The standard InChI is InChI=1S/C31H32F3N5O4/c1-19-6-7-20(29(41)38-22-5-3-4-21(15-22)31(32,33)34)14-27(19)43-30-24-16-28(42-2)26(17-25(24)36-18-37-30)35-10-13-39-11-8-23(40)9-12-39/h3-7,14-18,23,35,40H,8-13H2,1-2H3,(H,38,41). The van der Waals surface area contributed by atoms with Crippen molar-refractivity contribution < 1.29 is 32.5 Å². The van der Waals surface area contributed by atoms with Crippen LogP contribution < -0.4 is 20.1 Å². The second-order valence-electron chi connectivity index (χ2n) is 10.4. The summed E-state index contributed by atoms with van der Waals surface area (Å²) in [6.07, 6.45) is -1.80. The van der Waals surface area contributed by atoms with Gasteiger partial charge >= 0.3 is 6.18 Å². The minimum Gasteiger partial charge on any atom is -0.495 e. The molecule has 2 heterocycles. The van der Waals surface area contributed by atoms with Crippen LogP contribution in [0.1, 0.15) is 34.3 Å². The van der Waals surface area contributed by atoms with E-state index in [1.165, 1.54) is 24.5 Å². The fraction of sp³-hybridized carbons (Fsp3) is 0.323. The van der Waals surface area contributed by atoms with Crippen LogP contribution in [0.3, 0.4) is 0 Å². The Morgan fingerprint density at radius 3 is 2.60 bits per heavy atom. The predicted octanol–water partition coefficient (Wildman–Crippen LogP) is 5.88. The summed E-state index contributed by atoms with van der Waals surface area (Å²) in [6.45, 7) is 5.03. The molecule has 9 nitrogen and oxygen atoms in total. The molecule has 3 N–H and O–H groups in total. The molecule has 1 saturated heterocycles. The molecule has 4 aromatic rings. The van der Waals surface area contributed by atoms with Crippen LogP contribution in [0, 0.1) is 6.92 Å². The topological polar surface area (TPSA) is 109 Å². The molecule has 226 valence electrons. The minimum atomic E-state index is -4.52. The number of rotatable bonds is 9. The highest BCUT2D eigenvalue weighted by molar-refractivity contribution is 6.04. The van der Waals surface area contributed by atoms with Gasteiger partial charge in [0, 0.05) is 37.4 Å². The number of carbonyl (C=O) groups is 1. The van der Waals surface area contributed by atoms with Crippen molar-refractivity contribution in [1.29, 1.82) is 0 Å². The van der Waals surface area contributed by atoms with Gasteiger partial charge in [-0.3, -0.25) is 4.79 Å². The summed E-state index contributed by atoms with van der Waals surface area (Å²) < 4.78 is 51.1. The zero-order chi connectivity index (χ0) is 30.6. The Morgan fingerprint density at radius 1 is 1.07 bits per heavy atom. The average molecular weight is 596 g/mol. The number of aliphatic hydroxyl groups excluding tert-OH is 1. The molecule has 12 heteroatoms. The average Bonchev–Trinajstić information content (AvgIpc) is 2.98. The molecule has 0 aliphatic carbocycles. The first-order valence-electron chi connectivity index (χ1n) is 13.8. The number of nitrogens with one attached hydrogen (secondary N) is 2. The van der Waals surface area contributed by atoms with Gasteiger partial charge in [-0.25, -0.2) is 9.97 Å². The van der Waals surface area contributed by atoms with Gasteiger partial charge in [0.05, 0.1) is 35.4 Å². The third-order valence-corrected chi connectivity index (χ3v) is 7.33. The number of nitrogens with zero attached hydrogens (tertiary/aromatic N) is 3. The molecule has 1 aliphatic rings. The molecule has 5 rings (SSSR count). The van der Waals surface area contributed by atoms with Crippen molar-refractivity contribution in [2.45, 2.75) is 32.0 Å². The number of alkyl halides is 3. The van der Waals surface area contributed by atoms with E-state index < -0.39 is 17.6 Å². The van der Waals surface area contributed by atoms with Crippen LogP contribution in [-0.4, -0.2) is 65.3 Å². The monoisotopic (exact) mass is 595 g/mol. The van der Waals surface area contributed by atoms with Crippen molar-refractivity contribution in [2.75, 3.05) is 43.9 Å². The number of halogens is 3. The van der Waals surface area contributed by atoms with Gasteiger partial charge in [0.15, 0.2) is 0 Å². The number of amides is 1. The number of hydrogen-bond donors (Lipinski definition) is 3. The van der Waals surface area contributed by atoms with Crippen LogP contribution in [0.5, 0.6) is 17.4 Å². The summed E-state index contributed by atoms with van der Waals surface area (Å²) in [5.41, 5.74) is 1.47. The number of fused-ring (bicyclic) bond motifs is 1. The summed E-state index contributed by atoms with van der Waals surface area (Å²) in [7, 11) is 1.57. The maximum absolute atomic E-state index is 13.1. The number of piperidine rings is 1. The van der Waals surface area contributed by atoms with Gasteiger partial charge < -0.3 is 30.1 Å². The number of aryl methyl sites for hydroxylation is 1. The second kappa shape index (κ2) is 12.8. The van der Waals surface area contributed by atoms with Gasteiger partial charge in [-0.2, -0.15) is 13.2 Å². The Morgan fingerprint density at radius 2 is 1.86 bits per heavy atom. The van der Waals surface area contributed by atoms with E-state index in [2.05, 4.69) is 25.5 Å². The van der Waals surface area contributed by atoms with Crippen LogP contribution in [0.4, 0.5) is 24.5 Å². The number of ether oxygens (including phenoxy) is 2. The zero-order valence-electron chi connectivity index (χ0n) is 23.7. The molecule has 1 aliphatic heterocycles. The molecule has 0 spiro atoms. The number of anilines is 2. The Labute approximate surface area is 246 Å². The van der Waals surface area contributed by atoms with E-state index in [0.717, 1.165) is 55.9 Å². The fourth-order valence-corrected chi connectivity index (χ4v) is 4.87. The number of benzene rings is 3. The largest absolute Gasteiger partial charge is 0.495 e. The number of likely N-dealkylation sites (tertiary alicyclic amines) is 1. The molecule has 0 atom stereocenters. The molecule has 0 bridgehead atoms. The summed E-state index contributed by atoms with van der Waals surface area (Å²) >= 11 is 0. The lowest BCUT2D eigenvalue weighted by Crippen LogP contribution is -2.38. The fourth-order valence-electron chi connectivity index (χ4n) is 4.87. The molecule has 1 fully saturated rings. The molecule has 0 saturated carbocycles. The number of carbonyl (C=O) groups excluding carboxylic acids is 1. The van der Waals surface area contributed by atoms with Crippen molar-refractivity contribution >= 4 is 28.2 Å². The summed E-state index contributed by atoms with van der Waals surface area (Å²) in [6, 6.07) is 12.8. The molecule has 1 aromatic heterocycles. The molecular formula is C31H32F3N5O4. The van der Waals surface area contributed by atoms with Crippen LogP contribution in [0.25, 0.3) is 10.9 Å². The number of aliphatic hydroxyl groups is 1. The van der Waals surface area contributed by atoms with Gasteiger partial charge in [0.25, 0.3) is 5.91 Å². The van der Waals surface area contributed by atoms with Crippen molar-refractivity contribution in [3.63, 3.8) is 0 Å². The quantitative estimate of drug-likeness (QED) is 0.220. The Bertz CT molecular complexity index is 1610. The smallest absolute Gasteiger partial charge is 0.416 e. The molecule has 0 radical (unpaired) electrons. The van der Waals surface area contributed by atoms with Crippen LogP contribution in [0.2, 0.25) is 0 Å². The van der Waals surface area contributed by atoms with Crippen LogP contribution in [0.15, 0.2) is 60.9 Å². The third kappa shape index (κ3) is 7.33. The summed E-state index contributed by atoms with van der Waals surface area (Å²) in [5, 5.41) is 16.2. The highest BCUT2D eigenvalue weighted by atomic mass is 19.4. The maximum atomic E-state index is 13.1. The Hall–Kier alpha value is -4.42. The number of aromatic nitrogens is 2. The van der Waals surface area contributed by atoms with E-state index in [-0.39, 0.29) is 23.2 Å². The lowest BCUT2D eigenvalue weighted by atomic mass is 10.1. The minimum absolute atomic E-state index is 0.0240. The van der Waals surface area contributed by atoms with Crippen LogP contribution >= 0.6 is 0 Å². The predicted molar refractivity (Wildman–Crippen MR) is 157 cm³/mol. The first-order valence-corrected chi connectivity index (χ1v) is 13.8. The van der Waals surface area contributed by atoms with Crippen molar-refractivity contribution in [1.82, 2.24) is 14.9 Å². The van der Waals surface area contributed by atoms with Crippen molar-refractivity contribution in [3.8, 4) is 17.4 Å². The zero-order valence-corrected chi connectivity index (χ0v) is 23.7. The normalized spacial score (nSPS) is 14.5. The molecule has 0 unspecified atom stereocenters. The SMILES string of the molecule is COc1cc2c(Oc3cc(C(=O)Nc4cccc(C(F)(F)F)c4)ccc3C)ncnc2cc1NCCN1CCC(O)CC1. The summed E-state index contributed by atoms with van der Waals surface area (Å²) in [4.78, 5) is 23.9. The number of hydrogen-bond acceptors (Lipinski definition) is 8. The second-order valence-corrected chi connectivity index (χ2v) is 10.4. The highest BCUT2D eigenvalue weighted by Gasteiger charge is 2.30. The third-order valence-electron chi connectivity index (χ3n) is 7.33.